The number of hydrogen-bond donors (Lipinski definition) is 16. The van der Waals surface area contributed by atoms with Crippen molar-refractivity contribution in [3.05, 3.63) is 11.6 Å². The minimum atomic E-state index is -4.92. The van der Waals surface area contributed by atoms with Crippen molar-refractivity contribution < 1.29 is 155 Å². The first-order valence-electron chi connectivity index (χ1n) is 33.3. The first kappa shape index (κ1) is 75.9. The monoisotopic (exact) mass is 1390 g/mol. The van der Waals surface area contributed by atoms with Gasteiger partial charge in [0.1, 0.15) is 122 Å². The molecule has 6 aliphatic heterocycles. The van der Waals surface area contributed by atoms with Gasteiger partial charge in [0.05, 0.1) is 55.4 Å². The second-order valence-corrected chi connectivity index (χ2v) is 30.5. The predicted molar refractivity (Wildman–Crippen MR) is 317 cm³/mol. The van der Waals surface area contributed by atoms with Crippen molar-refractivity contribution in [1.82, 2.24) is 0 Å². The van der Waals surface area contributed by atoms with Crippen molar-refractivity contribution >= 4 is 16.2 Å². The van der Waals surface area contributed by atoms with Gasteiger partial charge in [0, 0.05) is 12.8 Å². The van der Waals surface area contributed by atoms with E-state index in [1.165, 1.54) is 27.7 Å². The Morgan fingerprint density at radius 2 is 1.11 bits per heavy atom. The molecule has 10 rings (SSSR count). The Morgan fingerprint density at radius 3 is 1.69 bits per heavy atom. The summed E-state index contributed by atoms with van der Waals surface area (Å²) in [4.78, 5) is 13.3. The zero-order valence-electron chi connectivity index (χ0n) is 54.7. The van der Waals surface area contributed by atoms with E-state index in [0.717, 1.165) is 5.57 Å². The molecule has 0 aromatic carbocycles. The van der Waals surface area contributed by atoms with Crippen molar-refractivity contribution in [2.24, 2.45) is 40.4 Å². The molecule has 0 spiro atoms. The number of aliphatic hydroxyl groups is 15. The van der Waals surface area contributed by atoms with Crippen LogP contribution >= 0.6 is 0 Å². The summed E-state index contributed by atoms with van der Waals surface area (Å²) in [5.74, 6) is -0.942. The number of carbonyl (C=O) groups is 1. The fourth-order valence-electron chi connectivity index (χ4n) is 17.3. The third-order valence-corrected chi connectivity index (χ3v) is 22.9. The second kappa shape index (κ2) is 29.5. The molecule has 38 atom stereocenters. The number of ether oxygens (including phenoxy) is 12. The normalized spacial score (nSPS) is 52.0. The Hall–Kier alpha value is -1.80. The quantitative estimate of drug-likeness (QED) is 0.0410. The van der Waals surface area contributed by atoms with Crippen LogP contribution in [0.25, 0.3) is 0 Å². The summed E-state index contributed by atoms with van der Waals surface area (Å²) in [5, 5.41) is 169. The first-order valence-corrected chi connectivity index (χ1v) is 34.6. The molecule has 16 N–H and O–H groups in total. The van der Waals surface area contributed by atoms with Gasteiger partial charge < -0.3 is 133 Å². The Balaban J connectivity index is 0.933. The number of fused-ring (bicyclic) bond motifs is 5. The van der Waals surface area contributed by atoms with E-state index >= 15 is 0 Å². The highest BCUT2D eigenvalue weighted by atomic mass is 32.3. The molecule has 6 heterocycles. The van der Waals surface area contributed by atoms with Crippen LogP contribution in [0.1, 0.15) is 120 Å². The molecule has 3 saturated carbocycles. The topological polar surface area (TPSA) is 495 Å². The van der Waals surface area contributed by atoms with Crippen LogP contribution in [-0.2, 0) is 76.2 Å². The molecule has 0 aromatic heterocycles. The van der Waals surface area contributed by atoms with Crippen LogP contribution in [0.2, 0.25) is 0 Å². The highest BCUT2D eigenvalue weighted by Crippen LogP contribution is 2.67. The number of rotatable bonds is 20. The van der Waals surface area contributed by atoms with Crippen LogP contribution in [-0.4, -0.2) is 305 Å². The van der Waals surface area contributed by atoms with Crippen LogP contribution in [0.15, 0.2) is 11.6 Å². The van der Waals surface area contributed by atoms with Gasteiger partial charge in [-0.05, 0) is 120 Å². The van der Waals surface area contributed by atoms with Gasteiger partial charge in [-0.2, -0.15) is 8.42 Å². The van der Waals surface area contributed by atoms with Crippen LogP contribution < -0.4 is 0 Å². The van der Waals surface area contributed by atoms with Gasteiger partial charge in [0.2, 0.25) is 0 Å². The van der Waals surface area contributed by atoms with Gasteiger partial charge in [-0.3, -0.25) is 9.35 Å². The molecule has 95 heavy (non-hydrogen) atoms. The van der Waals surface area contributed by atoms with Crippen LogP contribution in [0.4, 0.5) is 0 Å². The average molecular weight is 1390 g/mol. The van der Waals surface area contributed by atoms with Gasteiger partial charge >= 0.3 is 10.4 Å². The number of hydrogen-bond acceptors (Lipinski definition) is 31. The molecule has 0 aromatic rings. The molecular weight excluding hydrogens is 1290 g/mol. The lowest BCUT2D eigenvalue weighted by Gasteiger charge is -2.60. The molecule has 10 aliphatic rings. The van der Waals surface area contributed by atoms with Gasteiger partial charge in [0.15, 0.2) is 37.7 Å². The Morgan fingerprint density at radius 1 is 0.589 bits per heavy atom. The maximum absolute atomic E-state index is 13.3. The highest BCUT2D eigenvalue weighted by Gasteiger charge is 2.64. The Kier molecular flexibility index (Phi) is 23.6. The third-order valence-electron chi connectivity index (χ3n) is 22.3. The molecule has 0 amide bonds. The number of carbonyl (C=O) groups excluding carboxylic acids is 1. The first-order chi connectivity index (χ1) is 44.4. The number of aliphatic hydroxyl groups excluding tert-OH is 14. The zero-order valence-corrected chi connectivity index (χ0v) is 55.6. The summed E-state index contributed by atoms with van der Waals surface area (Å²) in [6.45, 7) is 13.8. The van der Waals surface area contributed by atoms with Gasteiger partial charge in [-0.15, -0.1) is 0 Å². The zero-order chi connectivity index (χ0) is 69.6. The summed E-state index contributed by atoms with van der Waals surface area (Å²) in [5.41, 5.74) is -1.36. The maximum Gasteiger partial charge on any atom is 0.397 e. The van der Waals surface area contributed by atoms with Crippen molar-refractivity contribution in [2.75, 3.05) is 13.2 Å². The summed E-state index contributed by atoms with van der Waals surface area (Å²) in [6.07, 6.45) is -47.6. The molecule has 548 valence electrons. The van der Waals surface area contributed by atoms with E-state index in [0.29, 0.717) is 38.5 Å². The molecule has 0 bridgehead atoms. The van der Waals surface area contributed by atoms with E-state index in [1.54, 1.807) is 6.92 Å². The lowest BCUT2D eigenvalue weighted by atomic mass is 9.47. The Bertz CT molecular complexity index is 2730. The molecule has 38 unspecified atom stereocenters. The minimum absolute atomic E-state index is 0.00706. The SMILES string of the molecule is CC(C)CC(=O)CC(C)(O)C1CCC2C3CC(OC4OC(C)C(O)C(OC5OC(C)C(OC6OC(CO)C(OC7OC(C)C(O)C(O)C7O)C(O)C6OC6OCC(O)C(O)C6O)C(O)C5OC5OC(C)C(O)C(O)C5O)C4O)C4CC(OS(=O)(=O)O)CCC4(C)C3=CCC21C. The number of ketones is 1. The predicted octanol–water partition coefficient (Wildman–Crippen LogP) is -3.82. The van der Waals surface area contributed by atoms with Crippen molar-refractivity contribution in [3.8, 4) is 0 Å². The molecule has 0 radical (unpaired) electrons. The van der Waals surface area contributed by atoms with E-state index in [2.05, 4.69) is 19.9 Å². The third kappa shape index (κ3) is 15.2. The fraction of sp³-hybridized carbons (Fsp3) is 0.952. The van der Waals surface area contributed by atoms with Crippen molar-refractivity contribution in [2.45, 2.75) is 316 Å². The summed E-state index contributed by atoms with van der Waals surface area (Å²) >= 11 is 0. The average Bonchev–Trinajstić information content (AvgIpc) is 1.68. The largest absolute Gasteiger partial charge is 0.397 e. The lowest BCUT2D eigenvalue weighted by molar-refractivity contribution is -0.411. The molecule has 32 nitrogen and oxygen atoms in total. The number of Topliss-reactive ketones (excluding diaryl/α,β-unsaturated/α-hetero) is 1. The Labute approximate surface area is 551 Å². The summed E-state index contributed by atoms with van der Waals surface area (Å²) in [6, 6.07) is 0. The van der Waals surface area contributed by atoms with Gasteiger partial charge in [-0.1, -0.05) is 39.3 Å². The lowest BCUT2D eigenvalue weighted by Crippen LogP contribution is -2.69. The van der Waals surface area contributed by atoms with Crippen molar-refractivity contribution in [3.63, 3.8) is 0 Å². The van der Waals surface area contributed by atoms with E-state index in [9.17, 15) is 94.4 Å². The maximum atomic E-state index is 13.3. The highest BCUT2D eigenvalue weighted by molar-refractivity contribution is 7.80. The van der Waals surface area contributed by atoms with Crippen LogP contribution in [0, 0.1) is 40.4 Å². The molecule has 33 heteroatoms. The van der Waals surface area contributed by atoms with Gasteiger partial charge in [-0.25, -0.2) is 4.18 Å². The van der Waals surface area contributed by atoms with E-state index in [-0.39, 0.29) is 48.7 Å². The van der Waals surface area contributed by atoms with Crippen LogP contribution in [0.5, 0.6) is 0 Å². The summed E-state index contributed by atoms with van der Waals surface area (Å²) < 4.78 is 113. The molecule has 4 aliphatic carbocycles. The molecular formula is C62H102O32S. The van der Waals surface area contributed by atoms with Crippen molar-refractivity contribution in [1.29, 1.82) is 0 Å². The van der Waals surface area contributed by atoms with Gasteiger partial charge in [0.25, 0.3) is 0 Å². The molecule has 6 saturated heterocycles. The summed E-state index contributed by atoms with van der Waals surface area (Å²) in [7, 11) is -4.92. The minimum Gasteiger partial charge on any atom is -0.394 e. The van der Waals surface area contributed by atoms with E-state index in [4.69, 9.17) is 61.0 Å². The second-order valence-electron chi connectivity index (χ2n) is 29.5. The number of allylic oxidation sites excluding steroid dienone is 2. The van der Waals surface area contributed by atoms with E-state index in [1.807, 2.05) is 13.8 Å². The fourth-order valence-corrected chi connectivity index (χ4v) is 17.8. The standard InChI is InChI=1S/C62H102O32S/c1-22(2)16-27(64)19-62(9,78)36-11-10-30-29-18-34(32-17-28(94-95(79,80)81)12-14-60(32,7)31(29)13-15-61(30,36)8)87-57-48(77)51(39(68)25(5)85-57)91-58-52(93-56-45(74)42(71)38(67)24(4)84-56)46(75)49(26(6)86-58)89-59-53(92-54-43(72)40(69)33(65)21-82-54)47(76)50(35(20-63)88-59)90-55-44(73)41(70)37(66)23(3)83-55/h13,22-26,28-30,32-59,63,65-78H,10-12,14-21H2,1-9H3,(H,79,80,81). The van der Waals surface area contributed by atoms with Crippen LogP contribution in [0.3, 0.4) is 0 Å². The van der Waals surface area contributed by atoms with E-state index < -0.39 is 236 Å². The molecule has 9 fully saturated rings. The smallest absolute Gasteiger partial charge is 0.394 e.